The van der Waals surface area contributed by atoms with Crippen LogP contribution in [-0.4, -0.2) is 57.3 Å². The van der Waals surface area contributed by atoms with E-state index >= 15 is 0 Å². The molecule has 0 atom stereocenters. The molecular formula is C21H35N7. The van der Waals surface area contributed by atoms with Crippen molar-refractivity contribution in [2.75, 3.05) is 19.6 Å². The zero-order valence-electron chi connectivity index (χ0n) is 17.9. The van der Waals surface area contributed by atoms with Crippen LogP contribution < -0.4 is 10.6 Å². The number of hydrogen-bond donors (Lipinski definition) is 2. The molecule has 1 aromatic heterocycles. The summed E-state index contributed by atoms with van der Waals surface area (Å²) in [6, 6.07) is 9.53. The lowest BCUT2D eigenvalue weighted by molar-refractivity contribution is 0.178. The number of hydrogen-bond acceptors (Lipinski definition) is 4. The molecule has 1 aromatic carbocycles. The summed E-state index contributed by atoms with van der Waals surface area (Å²) in [5.74, 6) is 0.858. The maximum Gasteiger partial charge on any atom is 0.191 e. The molecule has 0 saturated heterocycles. The third kappa shape index (κ3) is 7.31. The summed E-state index contributed by atoms with van der Waals surface area (Å²) < 4.78 is 1.82. The second-order valence-corrected chi connectivity index (χ2v) is 7.46. The number of guanidine groups is 1. The summed E-state index contributed by atoms with van der Waals surface area (Å²) in [4.78, 5) is 11.2. The van der Waals surface area contributed by atoms with Gasteiger partial charge in [-0.25, -0.2) is 14.7 Å². The number of aliphatic imine (C=N–C) groups is 1. The van der Waals surface area contributed by atoms with Gasteiger partial charge < -0.3 is 10.6 Å². The second kappa shape index (κ2) is 11.4. The highest BCUT2D eigenvalue weighted by molar-refractivity contribution is 5.79. The fraction of sp³-hybridized carbons (Fsp3) is 0.571. The van der Waals surface area contributed by atoms with Gasteiger partial charge in [0, 0.05) is 31.7 Å². The Hall–Kier alpha value is -2.41. The van der Waals surface area contributed by atoms with Crippen LogP contribution >= 0.6 is 0 Å². The highest BCUT2D eigenvalue weighted by atomic mass is 15.3. The van der Waals surface area contributed by atoms with Crippen LogP contribution in [0.2, 0.25) is 0 Å². The molecule has 7 heteroatoms. The maximum atomic E-state index is 4.75. The lowest BCUT2D eigenvalue weighted by Crippen LogP contribution is -2.45. The minimum atomic E-state index is 0.536. The summed E-state index contributed by atoms with van der Waals surface area (Å²) in [6.07, 6.45) is 3.29. The first kappa shape index (κ1) is 21.9. The summed E-state index contributed by atoms with van der Waals surface area (Å²) in [5, 5.41) is 11.0. The van der Waals surface area contributed by atoms with Crippen molar-refractivity contribution in [2.24, 2.45) is 4.99 Å². The van der Waals surface area contributed by atoms with Crippen LogP contribution in [0.5, 0.6) is 0 Å². The second-order valence-electron chi connectivity index (χ2n) is 7.46. The van der Waals surface area contributed by atoms with E-state index in [9.17, 15) is 0 Å². The highest BCUT2D eigenvalue weighted by Gasteiger charge is 2.12. The van der Waals surface area contributed by atoms with E-state index in [2.05, 4.69) is 84.5 Å². The van der Waals surface area contributed by atoms with Crippen molar-refractivity contribution in [2.45, 2.75) is 59.8 Å². The molecule has 0 aliphatic carbocycles. The van der Waals surface area contributed by atoms with E-state index in [1.807, 2.05) is 4.68 Å². The topological polar surface area (TPSA) is 70.4 Å². The van der Waals surface area contributed by atoms with Crippen molar-refractivity contribution in [3.05, 3.63) is 48.0 Å². The van der Waals surface area contributed by atoms with Crippen LogP contribution in [0.1, 0.15) is 45.7 Å². The molecule has 0 spiro atoms. The fourth-order valence-corrected chi connectivity index (χ4v) is 3.26. The van der Waals surface area contributed by atoms with Gasteiger partial charge in [-0.1, -0.05) is 24.3 Å². The van der Waals surface area contributed by atoms with Gasteiger partial charge in [0.1, 0.15) is 12.7 Å². The standard InChI is InChI=1S/C21H35N7/c1-6-23-21(24-10-11-28(17(2)3)18(4)5)25-13-19-8-7-9-20(12-19)14-27-16-22-15-26-27/h7-9,12,15-18H,6,10-11,13-14H2,1-5H3,(H2,23,24,25). The molecule has 0 aliphatic heterocycles. The van der Waals surface area contributed by atoms with Gasteiger partial charge in [-0.3, -0.25) is 4.90 Å². The Bertz CT molecular complexity index is 699. The average molecular weight is 386 g/mol. The Balaban J connectivity index is 1.92. The Morgan fingerprint density at radius 3 is 2.54 bits per heavy atom. The molecule has 154 valence electrons. The minimum absolute atomic E-state index is 0.536. The van der Waals surface area contributed by atoms with Gasteiger partial charge in [-0.15, -0.1) is 0 Å². The van der Waals surface area contributed by atoms with Gasteiger partial charge in [0.05, 0.1) is 13.1 Å². The molecule has 7 nitrogen and oxygen atoms in total. The Morgan fingerprint density at radius 1 is 1.14 bits per heavy atom. The first-order chi connectivity index (χ1) is 13.5. The number of rotatable bonds is 10. The lowest BCUT2D eigenvalue weighted by atomic mass is 10.1. The Morgan fingerprint density at radius 2 is 1.89 bits per heavy atom. The molecule has 1 heterocycles. The third-order valence-electron chi connectivity index (χ3n) is 4.56. The molecule has 0 unspecified atom stereocenters. The van der Waals surface area contributed by atoms with E-state index in [0.29, 0.717) is 18.6 Å². The molecular weight excluding hydrogens is 350 g/mol. The van der Waals surface area contributed by atoms with E-state index < -0.39 is 0 Å². The van der Waals surface area contributed by atoms with Crippen LogP contribution in [0, 0.1) is 0 Å². The normalized spacial score (nSPS) is 12.2. The van der Waals surface area contributed by atoms with E-state index in [1.165, 1.54) is 11.1 Å². The summed E-state index contributed by atoms with van der Waals surface area (Å²) in [7, 11) is 0. The molecule has 2 aromatic rings. The van der Waals surface area contributed by atoms with E-state index in [0.717, 1.165) is 32.1 Å². The largest absolute Gasteiger partial charge is 0.357 e. The van der Waals surface area contributed by atoms with E-state index in [1.54, 1.807) is 12.7 Å². The summed E-state index contributed by atoms with van der Waals surface area (Å²) in [5.41, 5.74) is 2.38. The van der Waals surface area contributed by atoms with E-state index in [4.69, 9.17) is 4.99 Å². The fourth-order valence-electron chi connectivity index (χ4n) is 3.26. The van der Waals surface area contributed by atoms with Crippen molar-refractivity contribution in [3.63, 3.8) is 0 Å². The van der Waals surface area contributed by atoms with Gasteiger partial charge in [0.25, 0.3) is 0 Å². The van der Waals surface area contributed by atoms with Crippen LogP contribution in [0.4, 0.5) is 0 Å². The smallest absolute Gasteiger partial charge is 0.191 e. The molecule has 2 rings (SSSR count). The first-order valence-corrected chi connectivity index (χ1v) is 10.2. The molecule has 0 saturated carbocycles. The molecule has 0 amide bonds. The zero-order chi connectivity index (χ0) is 20.4. The van der Waals surface area contributed by atoms with Crippen LogP contribution in [0.15, 0.2) is 41.9 Å². The SMILES string of the molecule is CCNC(=NCc1cccc(Cn2cncn2)c1)NCCN(C(C)C)C(C)C. The zero-order valence-corrected chi connectivity index (χ0v) is 17.9. The van der Waals surface area contributed by atoms with E-state index in [-0.39, 0.29) is 0 Å². The molecule has 2 N–H and O–H groups in total. The Kier molecular flexibility index (Phi) is 8.94. The number of nitrogens with zero attached hydrogens (tertiary/aromatic N) is 5. The van der Waals surface area contributed by atoms with Crippen molar-refractivity contribution in [3.8, 4) is 0 Å². The number of benzene rings is 1. The quantitative estimate of drug-likeness (QED) is 0.486. The predicted molar refractivity (Wildman–Crippen MR) is 115 cm³/mol. The number of aromatic nitrogens is 3. The van der Waals surface area contributed by atoms with Gasteiger partial charge in [0.2, 0.25) is 0 Å². The monoisotopic (exact) mass is 385 g/mol. The van der Waals surface area contributed by atoms with Crippen molar-refractivity contribution in [1.82, 2.24) is 30.3 Å². The maximum absolute atomic E-state index is 4.75. The van der Waals surface area contributed by atoms with Crippen molar-refractivity contribution in [1.29, 1.82) is 0 Å². The molecule has 0 aliphatic rings. The predicted octanol–water partition coefficient (Wildman–Crippen LogP) is 2.50. The molecule has 0 radical (unpaired) electrons. The average Bonchev–Trinajstić information content (AvgIpc) is 3.15. The summed E-state index contributed by atoms with van der Waals surface area (Å²) >= 11 is 0. The molecule has 28 heavy (non-hydrogen) atoms. The Labute approximate surface area is 169 Å². The van der Waals surface area contributed by atoms with Gasteiger partial charge in [-0.2, -0.15) is 5.10 Å². The molecule has 0 bridgehead atoms. The lowest BCUT2D eigenvalue weighted by Gasteiger charge is -2.30. The van der Waals surface area contributed by atoms with Crippen molar-refractivity contribution >= 4 is 5.96 Å². The first-order valence-electron chi connectivity index (χ1n) is 10.2. The number of nitrogens with one attached hydrogen (secondary N) is 2. The minimum Gasteiger partial charge on any atom is -0.357 e. The van der Waals surface area contributed by atoms with Crippen LogP contribution in [-0.2, 0) is 13.1 Å². The van der Waals surface area contributed by atoms with Crippen LogP contribution in [0.25, 0.3) is 0 Å². The van der Waals surface area contributed by atoms with Gasteiger partial charge >= 0.3 is 0 Å². The van der Waals surface area contributed by atoms with Gasteiger partial charge in [-0.05, 0) is 45.7 Å². The van der Waals surface area contributed by atoms with Gasteiger partial charge in [0.15, 0.2) is 5.96 Å². The highest BCUT2D eigenvalue weighted by Crippen LogP contribution is 2.08. The van der Waals surface area contributed by atoms with Crippen molar-refractivity contribution < 1.29 is 0 Å². The van der Waals surface area contributed by atoms with Crippen LogP contribution in [0.3, 0.4) is 0 Å². The summed E-state index contributed by atoms with van der Waals surface area (Å²) in [6.45, 7) is 15.1. The third-order valence-corrected chi connectivity index (χ3v) is 4.56. The molecule has 0 fully saturated rings.